The zero-order chi connectivity index (χ0) is 12.7. The van der Waals surface area contributed by atoms with Crippen molar-refractivity contribution in [3.63, 3.8) is 0 Å². The fraction of sp³-hybridized carbons (Fsp3) is 0.294. The Morgan fingerprint density at radius 2 is 1.06 bits per heavy atom. The lowest BCUT2D eigenvalue weighted by Gasteiger charge is -2.00. The van der Waals surface area contributed by atoms with Gasteiger partial charge in [0, 0.05) is 0 Å². The second-order valence-corrected chi connectivity index (χ2v) is 4.96. The molecule has 0 saturated carbocycles. The van der Waals surface area contributed by atoms with Crippen LogP contribution in [-0.4, -0.2) is 0 Å². The molecule has 0 saturated heterocycles. The molecule has 0 unspecified atom stereocenters. The summed E-state index contributed by atoms with van der Waals surface area (Å²) < 4.78 is 0. The molecule has 0 N–H and O–H groups in total. The predicted octanol–water partition coefficient (Wildman–Crippen LogP) is 5.32. The van der Waals surface area contributed by atoms with Crippen LogP contribution in [0.1, 0.15) is 26.3 Å². The maximum atomic E-state index is 2.17. The summed E-state index contributed by atoms with van der Waals surface area (Å²) in [5.41, 5.74) is 3.87. The largest absolute Gasteiger partial charge is 0.0630 e. The van der Waals surface area contributed by atoms with E-state index in [2.05, 4.69) is 76.2 Å². The molecule has 0 nitrogen and oxygen atoms in total. The first kappa shape index (κ1) is 13.5. The molecule has 2 aromatic carbocycles. The highest BCUT2D eigenvalue weighted by Crippen LogP contribution is 2.18. The number of aryl methyl sites for hydroxylation is 1. The normalized spacial score (nSPS) is 9.71. The van der Waals surface area contributed by atoms with Gasteiger partial charge in [-0.3, -0.25) is 0 Å². The van der Waals surface area contributed by atoms with Gasteiger partial charge in [-0.2, -0.15) is 0 Å². The van der Waals surface area contributed by atoms with Crippen LogP contribution in [0.3, 0.4) is 0 Å². The van der Waals surface area contributed by atoms with Gasteiger partial charge < -0.3 is 0 Å². The molecule has 2 aromatic rings. The third-order valence-corrected chi connectivity index (χ3v) is 2.16. The van der Waals surface area contributed by atoms with Crippen LogP contribution in [0.4, 0.5) is 0 Å². The molecular formula is C17H22. The van der Waals surface area contributed by atoms with Crippen molar-refractivity contribution in [1.29, 1.82) is 0 Å². The average Bonchev–Trinajstić information content (AvgIpc) is 2.30. The van der Waals surface area contributed by atoms with E-state index < -0.39 is 0 Å². The molecule has 0 spiro atoms. The summed E-state index contributed by atoms with van der Waals surface area (Å²) in [4.78, 5) is 0. The Morgan fingerprint density at radius 3 is 1.53 bits per heavy atom. The summed E-state index contributed by atoms with van der Waals surface area (Å²) in [6.07, 6.45) is 0. The Hall–Kier alpha value is -1.56. The van der Waals surface area contributed by atoms with E-state index in [4.69, 9.17) is 0 Å². The molecule has 0 aliphatic rings. The van der Waals surface area contributed by atoms with Gasteiger partial charge in [-0.25, -0.2) is 0 Å². The summed E-state index contributed by atoms with van der Waals surface area (Å²) in [5, 5.41) is 0. The van der Waals surface area contributed by atoms with E-state index in [1.54, 1.807) is 0 Å². The molecule has 90 valence electrons. The van der Waals surface area contributed by atoms with Crippen molar-refractivity contribution in [3.05, 3.63) is 60.2 Å². The Balaban J connectivity index is 0.000000317. The lowest BCUT2D eigenvalue weighted by molar-refractivity contribution is 0.737. The van der Waals surface area contributed by atoms with Crippen LogP contribution in [0.5, 0.6) is 0 Å². The molecule has 0 atom stereocenters. The van der Waals surface area contributed by atoms with Crippen LogP contribution in [-0.2, 0) is 0 Å². The van der Waals surface area contributed by atoms with Crippen molar-refractivity contribution in [2.75, 3.05) is 0 Å². The summed E-state index contributed by atoms with van der Waals surface area (Å²) in [6, 6.07) is 19.0. The standard InChI is InChI=1S/C13H12.C4H10/c1-11-7-9-13(10-8-11)12-5-3-2-4-6-12;1-4(2)3/h2-10H,1H3;4H,1-3H3. The van der Waals surface area contributed by atoms with Crippen molar-refractivity contribution in [1.82, 2.24) is 0 Å². The maximum Gasteiger partial charge on any atom is -0.0184 e. The van der Waals surface area contributed by atoms with Gasteiger partial charge in [0.1, 0.15) is 0 Å². The third kappa shape index (κ3) is 5.35. The van der Waals surface area contributed by atoms with Crippen LogP contribution in [0.25, 0.3) is 11.1 Å². The number of benzene rings is 2. The second-order valence-electron chi connectivity index (χ2n) is 4.96. The van der Waals surface area contributed by atoms with Crippen molar-refractivity contribution in [2.45, 2.75) is 27.7 Å². The number of rotatable bonds is 1. The van der Waals surface area contributed by atoms with Crippen molar-refractivity contribution in [2.24, 2.45) is 5.92 Å². The van der Waals surface area contributed by atoms with E-state index in [9.17, 15) is 0 Å². The summed E-state index contributed by atoms with van der Waals surface area (Å²) in [5.74, 6) is 0.833. The fourth-order valence-corrected chi connectivity index (χ4v) is 1.38. The van der Waals surface area contributed by atoms with E-state index in [-0.39, 0.29) is 0 Å². The number of hydrogen-bond acceptors (Lipinski definition) is 0. The van der Waals surface area contributed by atoms with Crippen LogP contribution in [0.2, 0.25) is 0 Å². The van der Waals surface area contributed by atoms with Crippen LogP contribution in [0.15, 0.2) is 54.6 Å². The highest BCUT2D eigenvalue weighted by atomic mass is 14.0. The first-order valence-corrected chi connectivity index (χ1v) is 6.21. The third-order valence-electron chi connectivity index (χ3n) is 2.16. The van der Waals surface area contributed by atoms with Gasteiger partial charge in [-0.15, -0.1) is 0 Å². The van der Waals surface area contributed by atoms with Gasteiger partial charge in [0.2, 0.25) is 0 Å². The predicted molar refractivity (Wildman–Crippen MR) is 77.1 cm³/mol. The SMILES string of the molecule is CC(C)C.Cc1ccc(-c2ccccc2)cc1. The second kappa shape index (κ2) is 6.90. The fourth-order valence-electron chi connectivity index (χ4n) is 1.38. The quantitative estimate of drug-likeness (QED) is 0.617. The average molecular weight is 226 g/mol. The van der Waals surface area contributed by atoms with Gasteiger partial charge in [-0.05, 0) is 24.0 Å². The Morgan fingerprint density at radius 1 is 0.647 bits per heavy atom. The molecule has 0 bridgehead atoms. The molecule has 0 aliphatic carbocycles. The number of hydrogen-bond donors (Lipinski definition) is 0. The van der Waals surface area contributed by atoms with E-state index in [0.717, 1.165) is 5.92 Å². The Labute approximate surface area is 105 Å². The molecule has 2 rings (SSSR count). The molecule has 0 aliphatic heterocycles. The van der Waals surface area contributed by atoms with Gasteiger partial charge in [-0.1, -0.05) is 80.9 Å². The monoisotopic (exact) mass is 226 g/mol. The highest BCUT2D eigenvalue weighted by Gasteiger charge is 1.93. The van der Waals surface area contributed by atoms with Gasteiger partial charge in [0.25, 0.3) is 0 Å². The van der Waals surface area contributed by atoms with E-state index in [0.29, 0.717) is 0 Å². The maximum absolute atomic E-state index is 2.17. The minimum Gasteiger partial charge on any atom is -0.0630 e. The zero-order valence-electron chi connectivity index (χ0n) is 11.3. The summed E-state index contributed by atoms with van der Waals surface area (Å²) >= 11 is 0. The van der Waals surface area contributed by atoms with Gasteiger partial charge in [0.15, 0.2) is 0 Å². The first-order chi connectivity index (χ1) is 8.09. The van der Waals surface area contributed by atoms with E-state index >= 15 is 0 Å². The van der Waals surface area contributed by atoms with Crippen molar-refractivity contribution in [3.8, 4) is 11.1 Å². The summed E-state index contributed by atoms with van der Waals surface area (Å²) in [7, 11) is 0. The molecular weight excluding hydrogens is 204 g/mol. The summed E-state index contributed by atoms with van der Waals surface area (Å²) in [6.45, 7) is 8.61. The van der Waals surface area contributed by atoms with Gasteiger partial charge in [0.05, 0.1) is 0 Å². The molecule has 0 fully saturated rings. The minimum absolute atomic E-state index is 0.833. The topological polar surface area (TPSA) is 0 Å². The van der Waals surface area contributed by atoms with Crippen LogP contribution in [0, 0.1) is 12.8 Å². The first-order valence-electron chi connectivity index (χ1n) is 6.21. The molecule has 17 heavy (non-hydrogen) atoms. The van der Waals surface area contributed by atoms with Crippen molar-refractivity contribution < 1.29 is 0 Å². The molecule has 0 radical (unpaired) electrons. The smallest absolute Gasteiger partial charge is 0.0184 e. The Kier molecular flexibility index (Phi) is 5.48. The minimum atomic E-state index is 0.833. The zero-order valence-corrected chi connectivity index (χ0v) is 11.3. The van der Waals surface area contributed by atoms with Crippen LogP contribution >= 0.6 is 0 Å². The van der Waals surface area contributed by atoms with E-state index in [1.165, 1.54) is 16.7 Å². The molecule has 0 aromatic heterocycles. The van der Waals surface area contributed by atoms with Crippen LogP contribution < -0.4 is 0 Å². The van der Waals surface area contributed by atoms with E-state index in [1.807, 2.05) is 6.07 Å². The lowest BCUT2D eigenvalue weighted by atomic mass is 10.0. The van der Waals surface area contributed by atoms with Gasteiger partial charge >= 0.3 is 0 Å². The van der Waals surface area contributed by atoms with Crippen molar-refractivity contribution >= 4 is 0 Å². The molecule has 0 amide bonds. The Bertz CT molecular complexity index is 407. The lowest BCUT2D eigenvalue weighted by Crippen LogP contribution is -1.76. The molecule has 0 heterocycles. The molecule has 0 heteroatoms. The highest BCUT2D eigenvalue weighted by molar-refractivity contribution is 5.63.